The third-order valence-corrected chi connectivity index (χ3v) is 6.09. The zero-order valence-corrected chi connectivity index (χ0v) is 20.0. The predicted octanol–water partition coefficient (Wildman–Crippen LogP) is 5.13. The van der Waals surface area contributed by atoms with Gasteiger partial charge in [0.1, 0.15) is 0 Å². The van der Waals surface area contributed by atoms with Crippen LogP contribution >= 0.6 is 23.4 Å². The summed E-state index contributed by atoms with van der Waals surface area (Å²) < 4.78 is 1.87. The van der Waals surface area contributed by atoms with Gasteiger partial charge in [-0.3, -0.25) is 19.5 Å². The van der Waals surface area contributed by atoms with E-state index in [-0.39, 0.29) is 17.3 Å². The number of carbonyl (C=O) groups is 1. The molecule has 1 aromatic heterocycles. The van der Waals surface area contributed by atoms with Crippen molar-refractivity contribution in [3.05, 3.63) is 99.6 Å². The van der Waals surface area contributed by atoms with Gasteiger partial charge < -0.3 is 0 Å². The molecule has 0 aliphatic heterocycles. The summed E-state index contributed by atoms with van der Waals surface area (Å²) in [5.74, 6) is 0.308. The topological polar surface area (TPSA) is 115 Å². The number of amides is 1. The fourth-order valence-electron chi connectivity index (χ4n) is 3.18. The number of rotatable bonds is 8. The summed E-state index contributed by atoms with van der Waals surface area (Å²) in [4.78, 5) is 23.0. The Morgan fingerprint density at radius 2 is 1.83 bits per heavy atom. The number of nitrogens with one attached hydrogen (secondary N) is 1. The third-order valence-electron chi connectivity index (χ3n) is 4.91. The first-order valence-electron chi connectivity index (χ1n) is 10.4. The quantitative estimate of drug-likeness (QED) is 0.153. The fraction of sp³-hybridized carbons (Fsp3) is 0.0833. The Labute approximate surface area is 210 Å². The van der Waals surface area contributed by atoms with Crippen LogP contribution in [0.15, 0.2) is 89.1 Å². The first kappa shape index (κ1) is 24.1. The van der Waals surface area contributed by atoms with Crippen molar-refractivity contribution in [2.75, 3.05) is 5.75 Å². The van der Waals surface area contributed by atoms with Crippen LogP contribution in [0.2, 0.25) is 5.02 Å². The Morgan fingerprint density at radius 1 is 1.09 bits per heavy atom. The number of thioether (sulfide) groups is 1. The van der Waals surface area contributed by atoms with E-state index in [9.17, 15) is 14.9 Å². The number of nitro groups is 1. The number of benzene rings is 3. The van der Waals surface area contributed by atoms with Crippen LogP contribution in [0.25, 0.3) is 17.1 Å². The second kappa shape index (κ2) is 10.9. The smallest absolute Gasteiger partial charge is 0.270 e. The molecule has 35 heavy (non-hydrogen) atoms. The molecule has 0 saturated carbocycles. The Hall–Kier alpha value is -4.02. The minimum atomic E-state index is -0.479. The van der Waals surface area contributed by atoms with E-state index >= 15 is 0 Å². The van der Waals surface area contributed by atoms with Crippen molar-refractivity contribution in [3.63, 3.8) is 0 Å². The molecular weight excluding hydrogens is 488 g/mol. The number of non-ortho nitro benzene ring substituents is 1. The lowest BCUT2D eigenvalue weighted by Crippen LogP contribution is -2.21. The molecule has 1 N–H and O–H groups in total. The van der Waals surface area contributed by atoms with Crippen molar-refractivity contribution in [3.8, 4) is 17.1 Å². The van der Waals surface area contributed by atoms with Gasteiger partial charge in [-0.15, -0.1) is 10.2 Å². The number of hydrazone groups is 1. The van der Waals surface area contributed by atoms with Crippen LogP contribution in [0.3, 0.4) is 0 Å². The van der Waals surface area contributed by atoms with E-state index in [1.807, 2.05) is 47.0 Å². The van der Waals surface area contributed by atoms with Gasteiger partial charge in [0.05, 0.1) is 16.4 Å². The van der Waals surface area contributed by atoms with Gasteiger partial charge >= 0.3 is 0 Å². The highest BCUT2D eigenvalue weighted by Gasteiger charge is 2.17. The number of carbonyl (C=O) groups excluding carboxylic acids is 1. The number of nitro benzene ring substituents is 1. The lowest BCUT2D eigenvalue weighted by molar-refractivity contribution is -0.384. The SMILES string of the molecule is CC(=NNC(=O)CSc1nnc(-c2ccc(Cl)cc2)n1-c1ccccc1)c1cccc([N+](=O)[O-])c1. The lowest BCUT2D eigenvalue weighted by Gasteiger charge is -2.10. The van der Waals surface area contributed by atoms with Crippen molar-refractivity contribution >= 4 is 40.7 Å². The second-order valence-corrected chi connectivity index (χ2v) is 8.69. The van der Waals surface area contributed by atoms with Crippen molar-refractivity contribution in [1.29, 1.82) is 0 Å². The normalized spacial score (nSPS) is 11.3. The molecule has 4 aromatic rings. The maximum atomic E-state index is 12.5. The molecule has 176 valence electrons. The number of para-hydroxylation sites is 1. The van der Waals surface area contributed by atoms with Crippen LogP contribution in [-0.2, 0) is 4.79 Å². The first-order chi connectivity index (χ1) is 16.9. The van der Waals surface area contributed by atoms with Gasteiger partial charge in [-0.2, -0.15) is 5.10 Å². The molecule has 0 unspecified atom stereocenters. The molecule has 3 aromatic carbocycles. The minimum Gasteiger partial charge on any atom is -0.272 e. The standard InChI is InChI=1S/C24H19ClN6O3S/c1-16(18-6-5-9-21(14-18)31(33)34)26-27-22(32)15-35-24-29-28-23(17-10-12-19(25)13-11-17)30(24)20-7-3-2-4-8-20/h2-14H,15H2,1H3,(H,27,32). The molecule has 11 heteroatoms. The fourth-order valence-corrected chi connectivity index (χ4v) is 4.05. The van der Waals surface area contributed by atoms with Crippen LogP contribution in [0.4, 0.5) is 5.69 Å². The summed E-state index contributed by atoms with van der Waals surface area (Å²) >= 11 is 7.24. The van der Waals surface area contributed by atoms with Crippen LogP contribution in [-0.4, -0.2) is 37.1 Å². The van der Waals surface area contributed by atoms with Gasteiger partial charge in [-0.25, -0.2) is 5.43 Å². The third kappa shape index (κ3) is 5.92. The van der Waals surface area contributed by atoms with Crippen molar-refractivity contribution in [1.82, 2.24) is 20.2 Å². The largest absolute Gasteiger partial charge is 0.272 e. The Morgan fingerprint density at radius 3 is 2.54 bits per heavy atom. The first-order valence-corrected chi connectivity index (χ1v) is 11.8. The average Bonchev–Trinajstić information content (AvgIpc) is 3.31. The summed E-state index contributed by atoms with van der Waals surface area (Å²) in [5.41, 5.74) is 5.12. The van der Waals surface area contributed by atoms with Crippen molar-refractivity contribution in [2.24, 2.45) is 5.10 Å². The summed E-state index contributed by atoms with van der Waals surface area (Å²) in [6, 6.07) is 22.9. The number of nitrogens with zero attached hydrogens (tertiary/aromatic N) is 5. The summed E-state index contributed by atoms with van der Waals surface area (Å²) in [5, 5.41) is 24.8. The minimum absolute atomic E-state index is 0.0390. The van der Waals surface area contributed by atoms with E-state index in [0.29, 0.717) is 27.3 Å². The zero-order chi connectivity index (χ0) is 24.8. The van der Waals surface area contributed by atoms with Gasteiger partial charge in [0.25, 0.3) is 11.6 Å². The van der Waals surface area contributed by atoms with Gasteiger partial charge in [0, 0.05) is 34.0 Å². The molecule has 0 bridgehead atoms. The number of hydrogen-bond acceptors (Lipinski definition) is 7. The molecule has 0 fully saturated rings. The Balaban J connectivity index is 1.50. The molecule has 4 rings (SSSR count). The summed E-state index contributed by atoms with van der Waals surface area (Å²) in [7, 11) is 0. The molecule has 0 aliphatic rings. The predicted molar refractivity (Wildman–Crippen MR) is 136 cm³/mol. The number of halogens is 1. The summed E-state index contributed by atoms with van der Waals surface area (Å²) in [6.45, 7) is 1.66. The Bertz CT molecular complexity index is 1390. The molecule has 9 nitrogen and oxygen atoms in total. The molecule has 1 heterocycles. The van der Waals surface area contributed by atoms with E-state index in [1.54, 1.807) is 31.2 Å². The van der Waals surface area contributed by atoms with Crippen LogP contribution in [0.5, 0.6) is 0 Å². The van der Waals surface area contributed by atoms with E-state index < -0.39 is 4.92 Å². The van der Waals surface area contributed by atoms with Crippen LogP contribution < -0.4 is 5.43 Å². The molecule has 0 atom stereocenters. The molecular formula is C24H19ClN6O3S. The van der Waals surface area contributed by atoms with E-state index in [2.05, 4.69) is 20.7 Å². The number of aromatic nitrogens is 3. The average molecular weight is 507 g/mol. The molecule has 0 spiro atoms. The highest BCUT2D eigenvalue weighted by molar-refractivity contribution is 7.99. The lowest BCUT2D eigenvalue weighted by atomic mass is 10.1. The molecule has 0 saturated heterocycles. The maximum Gasteiger partial charge on any atom is 0.270 e. The highest BCUT2D eigenvalue weighted by atomic mass is 35.5. The van der Waals surface area contributed by atoms with Gasteiger partial charge in [-0.1, -0.05) is 53.7 Å². The van der Waals surface area contributed by atoms with Crippen LogP contribution in [0.1, 0.15) is 12.5 Å². The second-order valence-electron chi connectivity index (χ2n) is 7.31. The molecule has 0 aliphatic carbocycles. The zero-order valence-electron chi connectivity index (χ0n) is 18.5. The van der Waals surface area contributed by atoms with Crippen molar-refractivity contribution < 1.29 is 9.72 Å². The highest BCUT2D eigenvalue weighted by Crippen LogP contribution is 2.28. The summed E-state index contributed by atoms with van der Waals surface area (Å²) in [6.07, 6.45) is 0. The van der Waals surface area contributed by atoms with Gasteiger partial charge in [0.15, 0.2) is 11.0 Å². The van der Waals surface area contributed by atoms with Gasteiger partial charge in [-0.05, 0) is 43.3 Å². The molecule has 1 amide bonds. The number of hydrogen-bond donors (Lipinski definition) is 1. The van der Waals surface area contributed by atoms with E-state index in [1.165, 1.54) is 23.9 Å². The molecule has 0 radical (unpaired) electrons. The van der Waals surface area contributed by atoms with Gasteiger partial charge in [0.2, 0.25) is 0 Å². The maximum absolute atomic E-state index is 12.5. The monoisotopic (exact) mass is 506 g/mol. The van der Waals surface area contributed by atoms with Crippen LogP contribution in [0, 0.1) is 10.1 Å². The van der Waals surface area contributed by atoms with E-state index in [0.717, 1.165) is 11.3 Å². The van der Waals surface area contributed by atoms with Crippen molar-refractivity contribution in [2.45, 2.75) is 12.1 Å². The Kier molecular flexibility index (Phi) is 7.54. The van der Waals surface area contributed by atoms with E-state index in [4.69, 9.17) is 11.6 Å².